The molecule has 0 atom stereocenters. The molecule has 5 N–H and O–H groups in total. The van der Waals surface area contributed by atoms with Crippen molar-refractivity contribution < 1.29 is 14.3 Å². The van der Waals surface area contributed by atoms with Gasteiger partial charge in [-0.1, -0.05) is 0 Å². The van der Waals surface area contributed by atoms with Crippen LogP contribution >= 0.6 is 15.9 Å². The van der Waals surface area contributed by atoms with Gasteiger partial charge in [0.2, 0.25) is 0 Å². The zero-order valence-electron chi connectivity index (χ0n) is 8.90. The van der Waals surface area contributed by atoms with Crippen molar-refractivity contribution in [3.63, 3.8) is 0 Å². The Balaban J connectivity index is 2.47. The Morgan fingerprint density at radius 2 is 2.12 bits per heavy atom. The van der Waals surface area contributed by atoms with Crippen LogP contribution in [0.2, 0.25) is 0 Å². The first-order valence-electron chi connectivity index (χ1n) is 4.76. The Kier molecular flexibility index (Phi) is 4.77. The van der Waals surface area contributed by atoms with Gasteiger partial charge < -0.3 is 21.5 Å². The number of nitrogen functional groups attached to an aromatic ring is 1. The third-order valence-electron chi connectivity index (χ3n) is 1.89. The molecule has 1 aromatic rings. The number of nitrogens with two attached hydrogens (primary N) is 2. The van der Waals surface area contributed by atoms with E-state index in [0.29, 0.717) is 15.7 Å². The topological polar surface area (TPSA) is 107 Å². The second-order valence-electron chi connectivity index (χ2n) is 3.16. The molecule has 0 saturated carbocycles. The van der Waals surface area contributed by atoms with Gasteiger partial charge in [-0.2, -0.15) is 0 Å². The minimum atomic E-state index is -0.866. The quantitative estimate of drug-likeness (QED) is 0.566. The van der Waals surface area contributed by atoms with E-state index in [9.17, 15) is 9.59 Å². The summed E-state index contributed by atoms with van der Waals surface area (Å²) in [6, 6.07) is 4.84. The van der Waals surface area contributed by atoms with E-state index in [4.69, 9.17) is 11.5 Å². The first-order valence-corrected chi connectivity index (χ1v) is 5.55. The number of nitrogens with one attached hydrogen (secondary N) is 1. The molecule has 0 aliphatic carbocycles. The number of primary amides is 1. The maximum atomic E-state index is 11.6. The monoisotopic (exact) mass is 301 g/mol. The van der Waals surface area contributed by atoms with E-state index in [1.165, 1.54) is 0 Å². The van der Waals surface area contributed by atoms with E-state index >= 15 is 0 Å². The Morgan fingerprint density at radius 1 is 1.41 bits per heavy atom. The molecule has 6 nitrogen and oxygen atoms in total. The Bertz CT molecular complexity index is 437. The van der Waals surface area contributed by atoms with Gasteiger partial charge in [-0.05, 0) is 34.1 Å². The summed E-state index contributed by atoms with van der Waals surface area (Å²) in [6.45, 7) is 0.237. The lowest BCUT2D eigenvalue weighted by atomic mass is 10.2. The summed E-state index contributed by atoms with van der Waals surface area (Å²) in [5, 5.41) is 2.57. The van der Waals surface area contributed by atoms with E-state index in [-0.39, 0.29) is 19.1 Å². The van der Waals surface area contributed by atoms with Crippen molar-refractivity contribution in [2.75, 3.05) is 18.9 Å². The van der Waals surface area contributed by atoms with Gasteiger partial charge in [-0.25, -0.2) is 4.79 Å². The molecule has 0 radical (unpaired) electrons. The summed E-state index contributed by atoms with van der Waals surface area (Å²) >= 11 is 3.22. The summed E-state index contributed by atoms with van der Waals surface area (Å²) < 4.78 is 5.12. The molecule has 92 valence electrons. The summed E-state index contributed by atoms with van der Waals surface area (Å²) in [6.07, 6.45) is -0.866. The number of rotatable bonds is 4. The number of carbonyl (C=O) groups is 2. The van der Waals surface area contributed by atoms with E-state index in [1.807, 2.05) is 0 Å². The van der Waals surface area contributed by atoms with Crippen LogP contribution in [0.1, 0.15) is 10.4 Å². The second-order valence-corrected chi connectivity index (χ2v) is 4.01. The number of anilines is 1. The maximum absolute atomic E-state index is 11.6. The van der Waals surface area contributed by atoms with Gasteiger partial charge in [0.25, 0.3) is 5.91 Å². The van der Waals surface area contributed by atoms with Crippen LogP contribution < -0.4 is 16.8 Å². The molecule has 0 fully saturated rings. The highest BCUT2D eigenvalue weighted by atomic mass is 79.9. The molecule has 0 bridgehead atoms. The van der Waals surface area contributed by atoms with Gasteiger partial charge in [-0.15, -0.1) is 0 Å². The summed E-state index contributed by atoms with van der Waals surface area (Å²) in [5.41, 5.74) is 11.4. The first kappa shape index (κ1) is 13.3. The fourth-order valence-electron chi connectivity index (χ4n) is 1.09. The third-order valence-corrected chi connectivity index (χ3v) is 2.58. The Morgan fingerprint density at radius 3 is 2.71 bits per heavy atom. The third kappa shape index (κ3) is 4.31. The molecule has 0 aromatic heterocycles. The number of carbonyl (C=O) groups excluding carboxylic acids is 2. The van der Waals surface area contributed by atoms with E-state index in [2.05, 4.69) is 26.0 Å². The minimum Gasteiger partial charge on any atom is -0.448 e. The van der Waals surface area contributed by atoms with Crippen LogP contribution in [0.5, 0.6) is 0 Å². The van der Waals surface area contributed by atoms with Gasteiger partial charge in [0, 0.05) is 15.7 Å². The van der Waals surface area contributed by atoms with Crippen LogP contribution in [-0.2, 0) is 4.74 Å². The fraction of sp³-hybridized carbons (Fsp3) is 0.200. The highest BCUT2D eigenvalue weighted by Gasteiger charge is 2.06. The lowest BCUT2D eigenvalue weighted by molar-refractivity contribution is 0.0937. The SMILES string of the molecule is NC(=O)OCCNC(=O)c1ccc(N)c(Br)c1. The predicted octanol–water partition coefficient (Wildman–Crippen LogP) is 0.856. The number of ether oxygens (including phenoxy) is 1. The largest absolute Gasteiger partial charge is 0.448 e. The highest BCUT2D eigenvalue weighted by molar-refractivity contribution is 9.10. The Hall–Kier alpha value is -1.76. The van der Waals surface area contributed by atoms with E-state index < -0.39 is 6.09 Å². The minimum absolute atomic E-state index is 0.0389. The molecule has 0 saturated heterocycles. The zero-order valence-corrected chi connectivity index (χ0v) is 10.5. The van der Waals surface area contributed by atoms with E-state index in [1.54, 1.807) is 18.2 Å². The van der Waals surface area contributed by atoms with Crippen LogP contribution in [0.25, 0.3) is 0 Å². The van der Waals surface area contributed by atoms with Crippen molar-refractivity contribution in [3.8, 4) is 0 Å². The van der Waals surface area contributed by atoms with Gasteiger partial charge in [0.1, 0.15) is 6.61 Å². The summed E-state index contributed by atoms with van der Waals surface area (Å²) in [7, 11) is 0. The highest BCUT2D eigenvalue weighted by Crippen LogP contribution is 2.20. The first-order chi connectivity index (χ1) is 8.00. The lowest BCUT2D eigenvalue weighted by Gasteiger charge is -2.06. The van der Waals surface area contributed by atoms with Crippen LogP contribution in [0, 0.1) is 0 Å². The molecule has 7 heteroatoms. The van der Waals surface area contributed by atoms with E-state index in [0.717, 1.165) is 0 Å². The van der Waals surface area contributed by atoms with Gasteiger partial charge in [0.05, 0.1) is 6.54 Å². The average Bonchev–Trinajstić information content (AvgIpc) is 2.27. The molecule has 1 rings (SSSR count). The van der Waals surface area contributed by atoms with Gasteiger partial charge in [0.15, 0.2) is 0 Å². The number of benzene rings is 1. The molecule has 0 spiro atoms. The lowest BCUT2D eigenvalue weighted by Crippen LogP contribution is -2.29. The molecule has 0 heterocycles. The zero-order chi connectivity index (χ0) is 12.8. The second kappa shape index (κ2) is 6.09. The fourth-order valence-corrected chi connectivity index (χ4v) is 1.47. The molecular formula is C10H12BrN3O3. The normalized spacial score (nSPS) is 9.71. The molecular weight excluding hydrogens is 290 g/mol. The average molecular weight is 302 g/mol. The predicted molar refractivity (Wildman–Crippen MR) is 66.4 cm³/mol. The van der Waals surface area contributed by atoms with Gasteiger partial charge in [-0.3, -0.25) is 4.79 Å². The molecule has 0 aliphatic heterocycles. The molecule has 1 aromatic carbocycles. The standard InChI is InChI=1S/C10H12BrN3O3/c11-7-5-6(1-2-8(7)12)9(15)14-3-4-17-10(13)16/h1-2,5H,3-4,12H2,(H2,13,16)(H,14,15). The molecule has 0 unspecified atom stereocenters. The van der Waals surface area contributed by atoms with Crippen molar-refractivity contribution in [1.29, 1.82) is 0 Å². The molecule has 17 heavy (non-hydrogen) atoms. The number of hydrogen-bond donors (Lipinski definition) is 3. The van der Waals surface area contributed by atoms with Crippen LogP contribution in [-0.4, -0.2) is 25.2 Å². The van der Waals surface area contributed by atoms with Crippen molar-refractivity contribution >= 4 is 33.6 Å². The van der Waals surface area contributed by atoms with Crippen molar-refractivity contribution in [3.05, 3.63) is 28.2 Å². The van der Waals surface area contributed by atoms with Crippen molar-refractivity contribution in [2.24, 2.45) is 5.73 Å². The van der Waals surface area contributed by atoms with Crippen LogP contribution in [0.3, 0.4) is 0 Å². The number of hydrogen-bond acceptors (Lipinski definition) is 4. The Labute approximate surface area is 106 Å². The smallest absolute Gasteiger partial charge is 0.404 e. The van der Waals surface area contributed by atoms with Crippen LogP contribution in [0.15, 0.2) is 22.7 Å². The maximum Gasteiger partial charge on any atom is 0.404 e. The molecule has 0 aliphatic rings. The van der Waals surface area contributed by atoms with Crippen molar-refractivity contribution in [2.45, 2.75) is 0 Å². The number of halogens is 1. The molecule has 2 amide bonds. The van der Waals surface area contributed by atoms with Crippen molar-refractivity contribution in [1.82, 2.24) is 5.32 Å². The van der Waals surface area contributed by atoms with Crippen LogP contribution in [0.4, 0.5) is 10.5 Å². The van der Waals surface area contributed by atoms with Gasteiger partial charge >= 0.3 is 6.09 Å². The summed E-state index contributed by atoms with van der Waals surface area (Å²) in [5.74, 6) is -0.279. The summed E-state index contributed by atoms with van der Waals surface area (Å²) in [4.78, 5) is 21.9. The number of amides is 2.